The van der Waals surface area contributed by atoms with Gasteiger partial charge in [-0.15, -0.1) is 0 Å². The number of aryl methyl sites for hydroxylation is 2. The van der Waals surface area contributed by atoms with Crippen molar-refractivity contribution in [2.45, 2.75) is 20.5 Å². The fourth-order valence-electron chi connectivity index (χ4n) is 2.45. The molecule has 0 saturated carbocycles. The van der Waals surface area contributed by atoms with E-state index in [4.69, 9.17) is 16.3 Å². The standard InChI is InChI=1S/C20H17ClN2O3/c1-13-5-6-15(10-17(13)21)7-8-19(25)26-12-16-11-18(24)23-9-3-4-14(2)20(23)22-16/h3-11H,12H2,1-2H3/b8-7+. The molecule has 0 aliphatic rings. The Kier molecular flexibility index (Phi) is 5.19. The van der Waals surface area contributed by atoms with Gasteiger partial charge in [0.1, 0.15) is 12.3 Å². The Hall–Kier alpha value is -2.92. The van der Waals surface area contributed by atoms with Crippen molar-refractivity contribution < 1.29 is 9.53 Å². The quantitative estimate of drug-likeness (QED) is 0.520. The molecule has 1 aromatic carbocycles. The molecule has 0 aliphatic carbocycles. The number of rotatable bonds is 4. The first-order valence-corrected chi connectivity index (χ1v) is 8.41. The summed E-state index contributed by atoms with van der Waals surface area (Å²) in [5, 5.41) is 0.636. The van der Waals surface area contributed by atoms with Gasteiger partial charge in [0.05, 0.1) is 5.69 Å². The smallest absolute Gasteiger partial charge is 0.331 e. The normalized spacial score (nSPS) is 11.2. The van der Waals surface area contributed by atoms with E-state index in [9.17, 15) is 9.59 Å². The summed E-state index contributed by atoms with van der Waals surface area (Å²) in [6.45, 7) is 3.70. The second-order valence-corrected chi connectivity index (χ2v) is 6.33. The summed E-state index contributed by atoms with van der Waals surface area (Å²) in [7, 11) is 0. The van der Waals surface area contributed by atoms with Crippen LogP contribution in [0.1, 0.15) is 22.4 Å². The Labute approximate surface area is 155 Å². The Bertz CT molecular complexity index is 1070. The van der Waals surface area contributed by atoms with Crippen LogP contribution in [0, 0.1) is 13.8 Å². The molecule has 3 aromatic rings. The van der Waals surface area contributed by atoms with Crippen LogP contribution in [0.4, 0.5) is 0 Å². The number of aromatic nitrogens is 2. The molecule has 0 aliphatic heterocycles. The lowest BCUT2D eigenvalue weighted by Gasteiger charge is -2.06. The van der Waals surface area contributed by atoms with Crippen molar-refractivity contribution in [1.82, 2.24) is 9.38 Å². The van der Waals surface area contributed by atoms with Crippen LogP contribution in [0.25, 0.3) is 11.7 Å². The predicted molar refractivity (Wildman–Crippen MR) is 101 cm³/mol. The van der Waals surface area contributed by atoms with E-state index in [0.717, 1.165) is 16.7 Å². The first-order valence-electron chi connectivity index (χ1n) is 8.03. The lowest BCUT2D eigenvalue weighted by Crippen LogP contribution is -2.17. The number of nitrogens with zero attached hydrogens (tertiary/aromatic N) is 2. The van der Waals surface area contributed by atoms with Crippen LogP contribution in [0.3, 0.4) is 0 Å². The molecule has 132 valence electrons. The molecule has 2 heterocycles. The van der Waals surface area contributed by atoms with Crippen molar-refractivity contribution >= 4 is 29.3 Å². The highest BCUT2D eigenvalue weighted by Crippen LogP contribution is 2.17. The molecular weight excluding hydrogens is 352 g/mol. The van der Waals surface area contributed by atoms with Gasteiger partial charge >= 0.3 is 5.97 Å². The molecule has 26 heavy (non-hydrogen) atoms. The van der Waals surface area contributed by atoms with Crippen LogP contribution in [0.2, 0.25) is 5.02 Å². The number of hydrogen-bond donors (Lipinski definition) is 0. The second-order valence-electron chi connectivity index (χ2n) is 5.92. The van der Waals surface area contributed by atoms with Crippen molar-refractivity contribution in [2.24, 2.45) is 0 Å². The highest BCUT2D eigenvalue weighted by Gasteiger charge is 2.06. The maximum Gasteiger partial charge on any atom is 0.331 e. The van der Waals surface area contributed by atoms with Crippen LogP contribution >= 0.6 is 11.6 Å². The molecule has 0 amide bonds. The van der Waals surface area contributed by atoms with Crippen molar-refractivity contribution in [3.8, 4) is 0 Å². The number of fused-ring (bicyclic) bond motifs is 1. The molecule has 0 radical (unpaired) electrons. The summed E-state index contributed by atoms with van der Waals surface area (Å²) in [6, 6.07) is 10.5. The molecule has 3 rings (SSSR count). The average molecular weight is 369 g/mol. The molecule has 6 heteroatoms. The van der Waals surface area contributed by atoms with Crippen LogP contribution in [0.5, 0.6) is 0 Å². The molecule has 0 unspecified atom stereocenters. The number of benzene rings is 1. The molecule has 2 aromatic heterocycles. The van der Waals surface area contributed by atoms with E-state index in [2.05, 4.69) is 4.98 Å². The second kappa shape index (κ2) is 7.54. The topological polar surface area (TPSA) is 60.7 Å². The van der Waals surface area contributed by atoms with Crippen molar-refractivity contribution in [2.75, 3.05) is 0 Å². The Morgan fingerprint density at radius 1 is 1.23 bits per heavy atom. The van der Waals surface area contributed by atoms with Gasteiger partial charge in [-0.1, -0.05) is 29.8 Å². The summed E-state index contributed by atoms with van der Waals surface area (Å²) in [5.74, 6) is -0.520. The van der Waals surface area contributed by atoms with E-state index in [1.165, 1.54) is 16.5 Å². The molecule has 0 fully saturated rings. The number of esters is 1. The number of ether oxygens (including phenoxy) is 1. The van der Waals surface area contributed by atoms with Gasteiger partial charge in [-0.3, -0.25) is 9.20 Å². The summed E-state index contributed by atoms with van der Waals surface area (Å²) < 4.78 is 6.64. The zero-order chi connectivity index (χ0) is 18.7. The molecule has 0 spiro atoms. The van der Waals surface area contributed by atoms with Crippen molar-refractivity contribution in [3.63, 3.8) is 0 Å². The van der Waals surface area contributed by atoms with Gasteiger partial charge in [-0.25, -0.2) is 9.78 Å². The molecule has 0 bridgehead atoms. The van der Waals surface area contributed by atoms with E-state index in [-0.39, 0.29) is 12.2 Å². The molecule has 0 saturated heterocycles. The maximum absolute atomic E-state index is 12.1. The van der Waals surface area contributed by atoms with Gasteiger partial charge in [0.15, 0.2) is 0 Å². The van der Waals surface area contributed by atoms with Gasteiger partial charge in [0.25, 0.3) is 5.56 Å². The Morgan fingerprint density at radius 3 is 2.81 bits per heavy atom. The van der Waals surface area contributed by atoms with E-state index in [1.807, 2.05) is 32.0 Å². The maximum atomic E-state index is 12.1. The third-order valence-electron chi connectivity index (χ3n) is 3.91. The summed E-state index contributed by atoms with van der Waals surface area (Å²) in [4.78, 5) is 28.4. The molecule has 0 N–H and O–H groups in total. The van der Waals surface area contributed by atoms with Gasteiger partial charge in [-0.05, 0) is 48.7 Å². The van der Waals surface area contributed by atoms with Gasteiger partial charge in [0.2, 0.25) is 0 Å². The molecular formula is C20H17ClN2O3. The fraction of sp³-hybridized carbons (Fsp3) is 0.150. The minimum Gasteiger partial charge on any atom is -0.456 e. The molecule has 0 atom stereocenters. The first kappa shape index (κ1) is 17.9. The lowest BCUT2D eigenvalue weighted by atomic mass is 10.1. The highest BCUT2D eigenvalue weighted by atomic mass is 35.5. The van der Waals surface area contributed by atoms with Crippen molar-refractivity contribution in [3.05, 3.63) is 86.4 Å². The number of hydrogen-bond acceptors (Lipinski definition) is 4. The third kappa shape index (κ3) is 4.00. The van der Waals surface area contributed by atoms with E-state index >= 15 is 0 Å². The number of pyridine rings is 1. The summed E-state index contributed by atoms with van der Waals surface area (Å²) >= 11 is 6.06. The van der Waals surface area contributed by atoms with Gasteiger partial charge in [-0.2, -0.15) is 0 Å². The Balaban J connectivity index is 1.70. The van der Waals surface area contributed by atoms with Gasteiger partial charge in [0, 0.05) is 23.4 Å². The minimum absolute atomic E-state index is 0.0715. The average Bonchev–Trinajstić information content (AvgIpc) is 2.62. The zero-order valence-electron chi connectivity index (χ0n) is 14.4. The van der Waals surface area contributed by atoms with E-state index in [0.29, 0.717) is 16.4 Å². The first-order chi connectivity index (χ1) is 12.4. The molecule has 5 nitrogen and oxygen atoms in total. The van der Waals surface area contributed by atoms with Crippen molar-refractivity contribution in [1.29, 1.82) is 0 Å². The van der Waals surface area contributed by atoms with Crippen LogP contribution in [-0.2, 0) is 16.1 Å². The van der Waals surface area contributed by atoms with E-state index < -0.39 is 5.97 Å². The zero-order valence-corrected chi connectivity index (χ0v) is 15.2. The van der Waals surface area contributed by atoms with Crippen LogP contribution < -0.4 is 5.56 Å². The minimum atomic E-state index is -0.520. The third-order valence-corrected chi connectivity index (χ3v) is 4.32. The highest BCUT2D eigenvalue weighted by molar-refractivity contribution is 6.31. The monoisotopic (exact) mass is 368 g/mol. The van der Waals surface area contributed by atoms with Crippen LogP contribution in [-0.4, -0.2) is 15.4 Å². The Morgan fingerprint density at radius 2 is 2.04 bits per heavy atom. The number of carbonyl (C=O) groups excluding carboxylic acids is 1. The largest absolute Gasteiger partial charge is 0.456 e. The summed E-state index contributed by atoms with van der Waals surface area (Å²) in [6.07, 6.45) is 4.60. The lowest BCUT2D eigenvalue weighted by molar-refractivity contribution is -0.139. The van der Waals surface area contributed by atoms with Gasteiger partial charge < -0.3 is 4.74 Å². The summed E-state index contributed by atoms with van der Waals surface area (Å²) in [5.41, 5.74) is 3.38. The fourth-order valence-corrected chi connectivity index (χ4v) is 2.64. The van der Waals surface area contributed by atoms with Crippen LogP contribution in [0.15, 0.2) is 53.5 Å². The number of halogens is 1. The SMILES string of the molecule is Cc1ccc(/C=C/C(=O)OCc2cc(=O)n3cccc(C)c3n2)cc1Cl. The van der Waals surface area contributed by atoms with E-state index in [1.54, 1.807) is 24.4 Å². The number of carbonyl (C=O) groups is 1. The predicted octanol–water partition coefficient (Wildman–Crippen LogP) is 3.72.